The maximum Gasteiger partial charge on any atom is 0.255 e. The Balaban J connectivity index is 1.46. The molecule has 1 unspecified atom stereocenters. The fourth-order valence-corrected chi connectivity index (χ4v) is 3.51. The number of hydrogen-bond donors (Lipinski definition) is 2. The number of carbonyl (C=O) groups excluding carboxylic acids is 2. The minimum atomic E-state index is -0.297. The van der Waals surface area contributed by atoms with Crippen LogP contribution in [0.25, 0.3) is 0 Å². The van der Waals surface area contributed by atoms with Crippen molar-refractivity contribution in [1.82, 2.24) is 20.4 Å². The van der Waals surface area contributed by atoms with E-state index in [-0.39, 0.29) is 24.3 Å². The van der Waals surface area contributed by atoms with Crippen LogP contribution in [-0.4, -0.2) is 33.4 Å². The molecule has 2 N–H and O–H groups in total. The highest BCUT2D eigenvalue weighted by Gasteiger charge is 2.28. The van der Waals surface area contributed by atoms with Gasteiger partial charge in [-0.15, -0.1) is 0 Å². The van der Waals surface area contributed by atoms with E-state index in [2.05, 4.69) is 20.4 Å². The molecule has 1 amide bonds. The first-order chi connectivity index (χ1) is 12.1. The van der Waals surface area contributed by atoms with Crippen molar-refractivity contribution in [2.45, 2.75) is 51.7 Å². The number of ketones is 1. The zero-order valence-electron chi connectivity index (χ0n) is 14.1. The zero-order chi connectivity index (χ0) is 17.4. The molecule has 1 aliphatic heterocycles. The molecule has 8 heteroatoms. The Labute approximate surface area is 144 Å². The second-order valence-electron chi connectivity index (χ2n) is 6.49. The number of amides is 1. The average molecular weight is 344 g/mol. The lowest BCUT2D eigenvalue weighted by Crippen LogP contribution is -2.26. The standard InChI is InChI=1S/C17H20N4O4/c1-9-14(15-10(19-9)4-2-5-11(15)22)16(23)18-8-13-20-17(25-21-13)12-6-3-7-24-12/h12,19H,2-8H2,1H3,(H,18,23). The van der Waals surface area contributed by atoms with Crippen molar-refractivity contribution < 1.29 is 18.8 Å². The number of nitrogens with zero attached hydrogens (tertiary/aromatic N) is 2. The molecule has 2 aromatic rings. The molecule has 8 nitrogen and oxygen atoms in total. The highest BCUT2D eigenvalue weighted by Crippen LogP contribution is 2.28. The molecule has 1 aliphatic carbocycles. The number of hydrogen-bond acceptors (Lipinski definition) is 6. The molecule has 132 valence electrons. The fourth-order valence-electron chi connectivity index (χ4n) is 3.51. The summed E-state index contributed by atoms with van der Waals surface area (Å²) in [5.74, 6) is 0.573. The number of fused-ring (bicyclic) bond motifs is 1. The average Bonchev–Trinajstić information content (AvgIpc) is 3.31. The van der Waals surface area contributed by atoms with Crippen molar-refractivity contribution in [3.63, 3.8) is 0 Å². The Morgan fingerprint density at radius 3 is 3.04 bits per heavy atom. The number of aryl methyl sites for hydroxylation is 2. The van der Waals surface area contributed by atoms with Crippen LogP contribution >= 0.6 is 0 Å². The van der Waals surface area contributed by atoms with E-state index in [0.717, 1.165) is 31.4 Å². The Morgan fingerprint density at radius 2 is 2.24 bits per heavy atom. The van der Waals surface area contributed by atoms with Gasteiger partial charge in [-0.2, -0.15) is 4.98 Å². The van der Waals surface area contributed by atoms with Crippen LogP contribution in [0.2, 0.25) is 0 Å². The van der Waals surface area contributed by atoms with Gasteiger partial charge in [0.15, 0.2) is 11.6 Å². The van der Waals surface area contributed by atoms with E-state index >= 15 is 0 Å². The van der Waals surface area contributed by atoms with Crippen LogP contribution in [0.5, 0.6) is 0 Å². The smallest absolute Gasteiger partial charge is 0.255 e. The minimum Gasteiger partial charge on any atom is -0.368 e. The normalized spacial score (nSPS) is 19.9. The minimum absolute atomic E-state index is 0.0241. The summed E-state index contributed by atoms with van der Waals surface area (Å²) < 4.78 is 10.7. The SMILES string of the molecule is Cc1[nH]c2c(c1C(=O)NCc1noc(C3CCCO3)n1)C(=O)CCC2. The summed E-state index contributed by atoms with van der Waals surface area (Å²) in [6, 6.07) is 0. The van der Waals surface area contributed by atoms with Gasteiger partial charge < -0.3 is 19.6 Å². The van der Waals surface area contributed by atoms with Gasteiger partial charge in [-0.3, -0.25) is 9.59 Å². The lowest BCUT2D eigenvalue weighted by molar-refractivity contribution is 0.0835. The second-order valence-corrected chi connectivity index (χ2v) is 6.49. The lowest BCUT2D eigenvalue weighted by atomic mass is 9.93. The summed E-state index contributed by atoms with van der Waals surface area (Å²) >= 11 is 0. The number of carbonyl (C=O) groups is 2. The molecule has 25 heavy (non-hydrogen) atoms. The molecule has 0 spiro atoms. The number of aromatic nitrogens is 3. The number of Topliss-reactive ketones (excluding diaryl/α,β-unsaturated/α-hetero) is 1. The molecule has 0 bridgehead atoms. The molecule has 0 aromatic carbocycles. The summed E-state index contributed by atoms with van der Waals surface area (Å²) in [6.07, 6.45) is 3.80. The molecule has 0 saturated carbocycles. The predicted octanol–water partition coefficient (Wildman–Crippen LogP) is 2.01. The van der Waals surface area contributed by atoms with Gasteiger partial charge >= 0.3 is 0 Å². The first-order valence-corrected chi connectivity index (χ1v) is 8.60. The molecule has 1 saturated heterocycles. The summed E-state index contributed by atoms with van der Waals surface area (Å²) in [7, 11) is 0. The van der Waals surface area contributed by atoms with Crippen molar-refractivity contribution >= 4 is 11.7 Å². The van der Waals surface area contributed by atoms with Gasteiger partial charge in [0, 0.05) is 24.4 Å². The largest absolute Gasteiger partial charge is 0.368 e. The van der Waals surface area contributed by atoms with Crippen molar-refractivity contribution in [3.8, 4) is 0 Å². The molecule has 4 rings (SSSR count). The van der Waals surface area contributed by atoms with E-state index < -0.39 is 0 Å². The van der Waals surface area contributed by atoms with Gasteiger partial charge in [0.05, 0.1) is 17.7 Å². The highest BCUT2D eigenvalue weighted by atomic mass is 16.5. The Kier molecular flexibility index (Phi) is 4.12. The first-order valence-electron chi connectivity index (χ1n) is 8.60. The maximum atomic E-state index is 12.6. The first kappa shape index (κ1) is 16.0. The Bertz CT molecular complexity index is 817. The zero-order valence-corrected chi connectivity index (χ0v) is 14.1. The van der Waals surface area contributed by atoms with Crippen LogP contribution in [0.1, 0.15) is 75.6 Å². The highest BCUT2D eigenvalue weighted by molar-refractivity contribution is 6.10. The third kappa shape index (κ3) is 2.97. The predicted molar refractivity (Wildman–Crippen MR) is 86.2 cm³/mol. The summed E-state index contributed by atoms with van der Waals surface area (Å²) in [4.78, 5) is 32.2. The van der Waals surface area contributed by atoms with E-state index in [1.54, 1.807) is 0 Å². The van der Waals surface area contributed by atoms with Crippen LogP contribution < -0.4 is 5.32 Å². The van der Waals surface area contributed by atoms with E-state index in [9.17, 15) is 9.59 Å². The van der Waals surface area contributed by atoms with Crippen LogP contribution in [0.4, 0.5) is 0 Å². The van der Waals surface area contributed by atoms with Gasteiger partial charge in [-0.25, -0.2) is 0 Å². The molecule has 2 aliphatic rings. The van der Waals surface area contributed by atoms with Crippen LogP contribution in [0, 0.1) is 6.92 Å². The molecular formula is C17H20N4O4. The molecule has 1 atom stereocenters. The van der Waals surface area contributed by atoms with Gasteiger partial charge in [0.1, 0.15) is 6.10 Å². The van der Waals surface area contributed by atoms with Crippen molar-refractivity contribution in [2.75, 3.05) is 6.61 Å². The summed E-state index contributed by atoms with van der Waals surface area (Å²) in [5, 5.41) is 6.66. The van der Waals surface area contributed by atoms with Crippen LogP contribution in [0.3, 0.4) is 0 Å². The van der Waals surface area contributed by atoms with Crippen LogP contribution in [-0.2, 0) is 17.7 Å². The van der Waals surface area contributed by atoms with E-state index in [1.165, 1.54) is 0 Å². The fraction of sp³-hybridized carbons (Fsp3) is 0.529. The van der Waals surface area contributed by atoms with Gasteiger partial charge in [0.25, 0.3) is 11.8 Å². The molecule has 0 radical (unpaired) electrons. The van der Waals surface area contributed by atoms with Gasteiger partial charge in [0.2, 0.25) is 0 Å². The van der Waals surface area contributed by atoms with Crippen LogP contribution in [0.15, 0.2) is 4.52 Å². The van der Waals surface area contributed by atoms with E-state index in [0.29, 0.717) is 41.6 Å². The summed E-state index contributed by atoms with van der Waals surface area (Å²) in [6.45, 7) is 2.65. The Hall–Kier alpha value is -2.48. The quantitative estimate of drug-likeness (QED) is 0.878. The number of H-pyrrole nitrogens is 1. The number of rotatable bonds is 4. The maximum absolute atomic E-state index is 12.6. The molecule has 3 heterocycles. The van der Waals surface area contributed by atoms with E-state index in [1.807, 2.05) is 6.92 Å². The third-order valence-electron chi connectivity index (χ3n) is 4.70. The van der Waals surface area contributed by atoms with Gasteiger partial charge in [-0.1, -0.05) is 5.16 Å². The topological polar surface area (TPSA) is 110 Å². The number of aromatic amines is 1. The van der Waals surface area contributed by atoms with Crippen molar-refractivity contribution in [1.29, 1.82) is 0 Å². The number of ether oxygens (including phenoxy) is 1. The monoisotopic (exact) mass is 344 g/mol. The molecule has 2 aromatic heterocycles. The second kappa shape index (κ2) is 6.44. The van der Waals surface area contributed by atoms with Crippen molar-refractivity contribution in [3.05, 3.63) is 34.2 Å². The van der Waals surface area contributed by atoms with Gasteiger partial charge in [-0.05, 0) is 32.6 Å². The third-order valence-corrected chi connectivity index (χ3v) is 4.70. The summed E-state index contributed by atoms with van der Waals surface area (Å²) in [5.41, 5.74) is 2.54. The lowest BCUT2D eigenvalue weighted by Gasteiger charge is -2.11. The molecular weight excluding hydrogens is 324 g/mol. The Morgan fingerprint density at radius 1 is 1.36 bits per heavy atom. The van der Waals surface area contributed by atoms with E-state index in [4.69, 9.17) is 9.26 Å². The van der Waals surface area contributed by atoms with Crippen molar-refractivity contribution in [2.24, 2.45) is 0 Å². The molecule has 1 fully saturated rings. The number of nitrogens with one attached hydrogen (secondary N) is 2.